The van der Waals surface area contributed by atoms with Crippen molar-refractivity contribution < 1.29 is 18.0 Å². The third-order valence-electron chi connectivity index (χ3n) is 4.36. The molecule has 1 aromatic heterocycles. The van der Waals surface area contributed by atoms with E-state index in [2.05, 4.69) is 10.4 Å². The second-order valence-corrected chi connectivity index (χ2v) is 6.63. The molecule has 0 fully saturated rings. The first kappa shape index (κ1) is 19.7. The highest BCUT2D eigenvalue weighted by atomic mass is 19.4. The van der Waals surface area contributed by atoms with E-state index in [0.717, 1.165) is 28.6 Å². The van der Waals surface area contributed by atoms with Gasteiger partial charge in [0.15, 0.2) is 0 Å². The lowest BCUT2D eigenvalue weighted by atomic mass is 10.1. The van der Waals surface area contributed by atoms with Gasteiger partial charge in [-0.15, -0.1) is 0 Å². The molecule has 2 aromatic carbocycles. The molecule has 3 rings (SSSR count). The van der Waals surface area contributed by atoms with Crippen LogP contribution in [0.1, 0.15) is 38.4 Å². The molecule has 1 heterocycles. The highest BCUT2D eigenvalue weighted by Crippen LogP contribution is 2.31. The zero-order valence-corrected chi connectivity index (χ0v) is 15.5. The van der Waals surface area contributed by atoms with Crippen LogP contribution in [0.2, 0.25) is 0 Å². The van der Waals surface area contributed by atoms with Crippen molar-refractivity contribution in [2.45, 2.75) is 33.1 Å². The van der Waals surface area contributed by atoms with E-state index in [1.54, 1.807) is 0 Å². The molecule has 0 saturated heterocycles. The second-order valence-electron chi connectivity index (χ2n) is 6.63. The van der Waals surface area contributed by atoms with Crippen LogP contribution in [0, 0.1) is 13.8 Å². The van der Waals surface area contributed by atoms with Gasteiger partial charge in [0.25, 0.3) is 5.91 Å². The summed E-state index contributed by atoms with van der Waals surface area (Å²) in [7, 11) is 0. The molecule has 7 heteroatoms. The summed E-state index contributed by atoms with van der Waals surface area (Å²) in [4.78, 5) is 12.3. The third-order valence-corrected chi connectivity index (χ3v) is 4.36. The van der Waals surface area contributed by atoms with Crippen molar-refractivity contribution in [1.82, 2.24) is 15.1 Å². The number of aryl methyl sites for hydroxylation is 2. The van der Waals surface area contributed by atoms with Crippen LogP contribution < -0.4 is 5.32 Å². The molecule has 0 aliphatic rings. The van der Waals surface area contributed by atoms with Crippen LogP contribution >= 0.6 is 0 Å². The summed E-state index contributed by atoms with van der Waals surface area (Å²) in [6.45, 7) is 4.62. The summed E-state index contributed by atoms with van der Waals surface area (Å²) in [6.07, 6.45) is -4.58. The highest BCUT2D eigenvalue weighted by molar-refractivity contribution is 5.95. The number of rotatable bonds is 5. The van der Waals surface area contributed by atoms with Crippen molar-refractivity contribution >= 4 is 5.91 Å². The zero-order valence-electron chi connectivity index (χ0n) is 15.5. The van der Waals surface area contributed by atoms with Gasteiger partial charge in [0.2, 0.25) is 0 Å². The van der Waals surface area contributed by atoms with E-state index in [4.69, 9.17) is 0 Å². The van der Waals surface area contributed by atoms with E-state index in [1.165, 1.54) is 18.2 Å². The van der Waals surface area contributed by atoms with Gasteiger partial charge in [0, 0.05) is 12.2 Å². The Morgan fingerprint density at radius 1 is 1.04 bits per heavy atom. The fraction of sp³-hybridized carbons (Fsp3) is 0.238. The number of carbonyl (C=O) groups is 1. The Morgan fingerprint density at radius 3 is 2.43 bits per heavy atom. The number of alkyl halides is 3. The number of hydrogen-bond acceptors (Lipinski definition) is 2. The number of nitrogens with one attached hydrogen (secondary N) is 1. The number of benzene rings is 2. The van der Waals surface area contributed by atoms with E-state index in [9.17, 15) is 18.0 Å². The fourth-order valence-electron chi connectivity index (χ4n) is 3.05. The molecule has 0 saturated carbocycles. The van der Waals surface area contributed by atoms with Crippen LogP contribution in [0.4, 0.5) is 13.2 Å². The van der Waals surface area contributed by atoms with Gasteiger partial charge in [-0.05, 0) is 43.2 Å². The molecule has 0 aliphatic heterocycles. The van der Waals surface area contributed by atoms with E-state index in [1.807, 2.05) is 48.9 Å². The molecule has 0 unspecified atom stereocenters. The largest absolute Gasteiger partial charge is 0.417 e. The molecule has 0 spiro atoms. The minimum Gasteiger partial charge on any atom is -0.348 e. The molecule has 3 aromatic rings. The van der Waals surface area contributed by atoms with E-state index in [-0.39, 0.29) is 12.1 Å². The van der Waals surface area contributed by atoms with Crippen molar-refractivity contribution in [2.75, 3.05) is 0 Å². The Morgan fingerprint density at radius 2 is 1.75 bits per heavy atom. The molecule has 4 nitrogen and oxygen atoms in total. The Bertz CT molecular complexity index is 993. The van der Waals surface area contributed by atoms with Crippen molar-refractivity contribution in [3.8, 4) is 0 Å². The average Bonchev–Trinajstić information content (AvgIpc) is 2.96. The minimum absolute atomic E-state index is 0.135. The van der Waals surface area contributed by atoms with Gasteiger partial charge in [0.05, 0.1) is 23.4 Å². The van der Waals surface area contributed by atoms with Crippen LogP contribution in [0.15, 0.2) is 54.6 Å². The average molecular weight is 387 g/mol. The first-order valence-electron chi connectivity index (χ1n) is 8.77. The quantitative estimate of drug-likeness (QED) is 0.701. The molecule has 0 aliphatic carbocycles. The van der Waals surface area contributed by atoms with Crippen LogP contribution in [0.25, 0.3) is 0 Å². The van der Waals surface area contributed by atoms with Gasteiger partial charge in [0.1, 0.15) is 0 Å². The standard InChI is InChI=1S/C21H20F3N3O/c1-14-10-15(2)27(26-14)13-17-7-5-6-16(11-17)12-25-20(28)18-8-3-4-9-19(18)21(22,23)24/h3-11H,12-13H2,1-2H3,(H,25,28). The first-order valence-corrected chi connectivity index (χ1v) is 8.77. The van der Waals surface area contributed by atoms with Crippen molar-refractivity contribution in [2.24, 2.45) is 0 Å². The molecule has 0 atom stereocenters. The maximum atomic E-state index is 13.1. The minimum atomic E-state index is -4.58. The lowest BCUT2D eigenvalue weighted by Crippen LogP contribution is -2.25. The maximum absolute atomic E-state index is 13.1. The third kappa shape index (κ3) is 4.60. The van der Waals surface area contributed by atoms with Crippen molar-refractivity contribution in [1.29, 1.82) is 0 Å². The molecular formula is C21H20F3N3O. The molecule has 1 amide bonds. The topological polar surface area (TPSA) is 46.9 Å². The normalized spacial score (nSPS) is 11.5. The number of carbonyl (C=O) groups excluding carboxylic acids is 1. The summed E-state index contributed by atoms with van der Waals surface area (Å²) < 4.78 is 41.1. The Labute approximate surface area is 161 Å². The van der Waals surface area contributed by atoms with Crippen molar-refractivity contribution in [3.05, 3.63) is 88.2 Å². The lowest BCUT2D eigenvalue weighted by molar-refractivity contribution is -0.137. The summed E-state index contributed by atoms with van der Waals surface area (Å²) >= 11 is 0. The van der Waals surface area contributed by atoms with Gasteiger partial charge in [-0.2, -0.15) is 18.3 Å². The SMILES string of the molecule is Cc1cc(C)n(Cc2cccc(CNC(=O)c3ccccc3C(F)(F)F)c2)n1. The summed E-state index contributed by atoms with van der Waals surface area (Å²) in [5, 5.41) is 7.00. The Hall–Kier alpha value is -3.09. The van der Waals surface area contributed by atoms with E-state index in [0.29, 0.717) is 6.54 Å². The number of hydrogen-bond donors (Lipinski definition) is 1. The molecule has 0 bridgehead atoms. The van der Waals surface area contributed by atoms with Gasteiger partial charge >= 0.3 is 6.18 Å². The monoisotopic (exact) mass is 387 g/mol. The highest BCUT2D eigenvalue weighted by Gasteiger charge is 2.34. The van der Waals surface area contributed by atoms with Crippen LogP contribution in [0.3, 0.4) is 0 Å². The molecule has 0 radical (unpaired) electrons. The maximum Gasteiger partial charge on any atom is 0.417 e. The molecule has 28 heavy (non-hydrogen) atoms. The van der Waals surface area contributed by atoms with Gasteiger partial charge in [-0.1, -0.05) is 36.4 Å². The molecule has 146 valence electrons. The second kappa shape index (κ2) is 7.88. The van der Waals surface area contributed by atoms with E-state index < -0.39 is 17.6 Å². The van der Waals surface area contributed by atoms with Gasteiger partial charge in [-0.3, -0.25) is 9.48 Å². The lowest BCUT2D eigenvalue weighted by Gasteiger charge is -2.13. The number of aromatic nitrogens is 2. The predicted octanol–water partition coefficient (Wildman–Crippen LogP) is 4.50. The summed E-state index contributed by atoms with van der Waals surface area (Å²) in [6, 6.07) is 14.3. The first-order chi connectivity index (χ1) is 13.2. The zero-order chi connectivity index (χ0) is 20.3. The fourth-order valence-corrected chi connectivity index (χ4v) is 3.05. The van der Waals surface area contributed by atoms with Crippen molar-refractivity contribution in [3.63, 3.8) is 0 Å². The predicted molar refractivity (Wildman–Crippen MR) is 99.9 cm³/mol. The number of halogens is 3. The van der Waals surface area contributed by atoms with Crippen LogP contribution in [0.5, 0.6) is 0 Å². The summed E-state index contributed by atoms with van der Waals surface area (Å²) in [5.74, 6) is -0.753. The van der Waals surface area contributed by atoms with Gasteiger partial charge in [-0.25, -0.2) is 0 Å². The molecular weight excluding hydrogens is 367 g/mol. The van der Waals surface area contributed by atoms with Crippen LogP contribution in [-0.2, 0) is 19.3 Å². The van der Waals surface area contributed by atoms with Crippen LogP contribution in [-0.4, -0.2) is 15.7 Å². The Balaban J connectivity index is 1.70. The summed E-state index contributed by atoms with van der Waals surface area (Å²) in [5.41, 5.74) is 2.45. The van der Waals surface area contributed by atoms with Gasteiger partial charge < -0.3 is 5.32 Å². The number of amides is 1. The number of nitrogens with zero attached hydrogens (tertiary/aromatic N) is 2. The molecule has 1 N–H and O–H groups in total. The van der Waals surface area contributed by atoms with E-state index >= 15 is 0 Å². The Kier molecular flexibility index (Phi) is 5.53. The smallest absolute Gasteiger partial charge is 0.348 e.